The third-order valence-electron chi connectivity index (χ3n) is 4.23. The standard InChI is InChI=1S/C14H30N2O2S/c1-3-13-6-8-14(9-7-13)12-16-19(17,18)11-5-4-10-15-2/h13-16H,3-12H2,1-2H3. The molecule has 0 bridgehead atoms. The third kappa shape index (κ3) is 7.28. The first-order valence-corrected chi connectivity index (χ1v) is 9.34. The number of hydrogen-bond acceptors (Lipinski definition) is 3. The van der Waals surface area contributed by atoms with E-state index in [-0.39, 0.29) is 5.75 Å². The first-order valence-electron chi connectivity index (χ1n) is 7.69. The minimum Gasteiger partial charge on any atom is -0.320 e. The van der Waals surface area contributed by atoms with E-state index < -0.39 is 10.0 Å². The molecule has 0 amide bonds. The van der Waals surface area contributed by atoms with Crippen molar-refractivity contribution in [3.8, 4) is 0 Å². The zero-order chi connectivity index (χ0) is 14.1. The predicted molar refractivity (Wildman–Crippen MR) is 80.7 cm³/mol. The van der Waals surface area contributed by atoms with E-state index >= 15 is 0 Å². The van der Waals surface area contributed by atoms with Gasteiger partial charge in [0.05, 0.1) is 5.75 Å². The second-order valence-corrected chi connectivity index (χ2v) is 7.70. The Kier molecular flexibility index (Phi) is 7.95. The number of sulfonamides is 1. The summed E-state index contributed by atoms with van der Waals surface area (Å²) in [6.07, 6.45) is 7.82. The second kappa shape index (κ2) is 8.93. The quantitative estimate of drug-likeness (QED) is 0.640. The minimum atomic E-state index is -3.06. The lowest BCUT2D eigenvalue weighted by Gasteiger charge is -2.27. The van der Waals surface area contributed by atoms with Crippen molar-refractivity contribution in [1.82, 2.24) is 10.0 Å². The van der Waals surface area contributed by atoms with E-state index in [0.29, 0.717) is 12.5 Å². The highest BCUT2D eigenvalue weighted by atomic mass is 32.2. The van der Waals surface area contributed by atoms with Gasteiger partial charge in [0.15, 0.2) is 0 Å². The summed E-state index contributed by atoms with van der Waals surface area (Å²) in [6, 6.07) is 0. The Morgan fingerprint density at radius 1 is 1.05 bits per heavy atom. The van der Waals surface area contributed by atoms with Crippen LogP contribution in [0.15, 0.2) is 0 Å². The Balaban J connectivity index is 2.17. The summed E-state index contributed by atoms with van der Waals surface area (Å²) < 4.78 is 26.4. The smallest absolute Gasteiger partial charge is 0.211 e. The summed E-state index contributed by atoms with van der Waals surface area (Å²) in [4.78, 5) is 0. The molecule has 0 heterocycles. The predicted octanol–water partition coefficient (Wildman–Crippen LogP) is 2.12. The molecule has 0 aliphatic heterocycles. The van der Waals surface area contributed by atoms with Crippen LogP contribution in [0, 0.1) is 11.8 Å². The van der Waals surface area contributed by atoms with Crippen LogP contribution in [0.5, 0.6) is 0 Å². The highest BCUT2D eigenvalue weighted by molar-refractivity contribution is 7.89. The molecule has 2 N–H and O–H groups in total. The summed E-state index contributed by atoms with van der Waals surface area (Å²) in [5.41, 5.74) is 0. The SMILES string of the molecule is CCC1CCC(CNS(=O)(=O)CCCCNC)CC1. The highest BCUT2D eigenvalue weighted by Crippen LogP contribution is 2.30. The molecular weight excluding hydrogens is 260 g/mol. The Bertz CT molecular complexity index is 322. The van der Waals surface area contributed by atoms with Crippen LogP contribution >= 0.6 is 0 Å². The molecule has 1 rings (SSSR count). The Hall–Kier alpha value is -0.130. The zero-order valence-corrected chi connectivity index (χ0v) is 13.3. The minimum absolute atomic E-state index is 0.263. The largest absolute Gasteiger partial charge is 0.320 e. The van der Waals surface area contributed by atoms with E-state index in [1.165, 1.54) is 32.1 Å². The van der Waals surface area contributed by atoms with Crippen molar-refractivity contribution in [3.63, 3.8) is 0 Å². The number of rotatable bonds is 9. The van der Waals surface area contributed by atoms with Crippen LogP contribution in [0.1, 0.15) is 51.9 Å². The van der Waals surface area contributed by atoms with Gasteiger partial charge in [-0.25, -0.2) is 13.1 Å². The maximum Gasteiger partial charge on any atom is 0.211 e. The monoisotopic (exact) mass is 290 g/mol. The fraction of sp³-hybridized carbons (Fsp3) is 1.00. The van der Waals surface area contributed by atoms with Crippen LogP contribution in [0.3, 0.4) is 0 Å². The summed E-state index contributed by atoms with van der Waals surface area (Å²) in [6.45, 7) is 3.78. The molecule has 1 fully saturated rings. The molecule has 114 valence electrons. The van der Waals surface area contributed by atoms with Gasteiger partial charge in [0.25, 0.3) is 0 Å². The topological polar surface area (TPSA) is 58.2 Å². The molecule has 0 spiro atoms. The van der Waals surface area contributed by atoms with Crippen molar-refractivity contribution in [1.29, 1.82) is 0 Å². The van der Waals surface area contributed by atoms with Crippen molar-refractivity contribution in [2.24, 2.45) is 11.8 Å². The van der Waals surface area contributed by atoms with Crippen molar-refractivity contribution < 1.29 is 8.42 Å². The Labute approximate surface area is 118 Å². The lowest BCUT2D eigenvalue weighted by Crippen LogP contribution is -2.33. The summed E-state index contributed by atoms with van der Waals surface area (Å²) in [5, 5.41) is 3.03. The third-order valence-corrected chi connectivity index (χ3v) is 5.66. The molecule has 0 aromatic heterocycles. The molecule has 5 heteroatoms. The highest BCUT2D eigenvalue weighted by Gasteiger charge is 2.21. The molecule has 0 saturated heterocycles. The summed E-state index contributed by atoms with van der Waals surface area (Å²) in [5.74, 6) is 1.68. The summed E-state index contributed by atoms with van der Waals surface area (Å²) in [7, 11) is -1.17. The molecule has 19 heavy (non-hydrogen) atoms. The average Bonchev–Trinajstić information content (AvgIpc) is 2.42. The van der Waals surface area contributed by atoms with E-state index in [1.54, 1.807) is 0 Å². The van der Waals surface area contributed by atoms with Gasteiger partial charge in [0.2, 0.25) is 10.0 Å². The molecule has 1 aliphatic rings. The van der Waals surface area contributed by atoms with Gasteiger partial charge in [-0.2, -0.15) is 0 Å². The maximum atomic E-state index is 11.8. The molecule has 1 saturated carbocycles. The van der Waals surface area contributed by atoms with Crippen molar-refractivity contribution in [2.75, 3.05) is 25.9 Å². The van der Waals surface area contributed by atoms with Crippen LogP contribution in [0.25, 0.3) is 0 Å². The fourth-order valence-corrected chi connectivity index (χ4v) is 3.97. The molecule has 0 aromatic carbocycles. The Morgan fingerprint density at radius 2 is 1.68 bits per heavy atom. The second-order valence-electron chi connectivity index (χ2n) is 5.77. The molecule has 0 unspecified atom stereocenters. The van der Waals surface area contributed by atoms with Crippen LogP contribution in [-0.2, 0) is 10.0 Å². The van der Waals surface area contributed by atoms with Crippen LogP contribution in [0.4, 0.5) is 0 Å². The van der Waals surface area contributed by atoms with Gasteiger partial charge in [0, 0.05) is 6.54 Å². The first kappa shape index (κ1) is 16.9. The lowest BCUT2D eigenvalue weighted by atomic mass is 9.81. The molecule has 0 radical (unpaired) electrons. The lowest BCUT2D eigenvalue weighted by molar-refractivity contribution is 0.270. The fourth-order valence-electron chi connectivity index (χ4n) is 2.75. The van der Waals surface area contributed by atoms with Gasteiger partial charge < -0.3 is 5.32 Å². The summed E-state index contributed by atoms with van der Waals surface area (Å²) >= 11 is 0. The molecule has 0 atom stereocenters. The van der Waals surface area contributed by atoms with Gasteiger partial charge in [-0.05, 0) is 51.1 Å². The molecular formula is C14H30N2O2S. The van der Waals surface area contributed by atoms with Gasteiger partial charge in [-0.3, -0.25) is 0 Å². The molecule has 0 aromatic rings. The van der Waals surface area contributed by atoms with Gasteiger partial charge in [0.1, 0.15) is 0 Å². The zero-order valence-electron chi connectivity index (χ0n) is 12.5. The van der Waals surface area contributed by atoms with Crippen LogP contribution in [0.2, 0.25) is 0 Å². The van der Waals surface area contributed by atoms with Gasteiger partial charge >= 0.3 is 0 Å². The maximum absolute atomic E-state index is 11.8. The van der Waals surface area contributed by atoms with Gasteiger partial charge in [-0.1, -0.05) is 26.2 Å². The van der Waals surface area contributed by atoms with Crippen LogP contribution in [-0.4, -0.2) is 34.3 Å². The van der Waals surface area contributed by atoms with E-state index in [0.717, 1.165) is 25.3 Å². The van der Waals surface area contributed by atoms with Crippen molar-refractivity contribution in [3.05, 3.63) is 0 Å². The van der Waals surface area contributed by atoms with E-state index in [4.69, 9.17) is 0 Å². The van der Waals surface area contributed by atoms with Crippen molar-refractivity contribution >= 4 is 10.0 Å². The van der Waals surface area contributed by atoms with Crippen molar-refractivity contribution in [2.45, 2.75) is 51.9 Å². The number of hydrogen-bond donors (Lipinski definition) is 2. The molecule has 1 aliphatic carbocycles. The van der Waals surface area contributed by atoms with E-state index in [1.807, 2.05) is 7.05 Å². The normalized spacial score (nSPS) is 24.5. The number of nitrogens with one attached hydrogen (secondary N) is 2. The molecule has 4 nitrogen and oxygen atoms in total. The Morgan fingerprint density at radius 3 is 2.26 bits per heavy atom. The van der Waals surface area contributed by atoms with Crippen LogP contribution < -0.4 is 10.0 Å². The van der Waals surface area contributed by atoms with E-state index in [9.17, 15) is 8.42 Å². The van der Waals surface area contributed by atoms with E-state index in [2.05, 4.69) is 17.0 Å². The average molecular weight is 290 g/mol. The first-order chi connectivity index (χ1) is 9.07. The van der Waals surface area contributed by atoms with Gasteiger partial charge in [-0.15, -0.1) is 0 Å². The number of unbranched alkanes of at least 4 members (excludes halogenated alkanes) is 1.